The number of alkyl carbamates (subject to hydrolysis) is 1. The smallest absolute Gasteiger partial charge is 0.408 e. The average molecular weight is 423 g/mol. The third kappa shape index (κ3) is 9.71. The lowest BCUT2D eigenvalue weighted by atomic mass is 9.87. The van der Waals surface area contributed by atoms with Crippen molar-refractivity contribution in [1.82, 2.24) is 15.6 Å². The molecule has 2 atom stereocenters. The minimum Gasteiger partial charge on any atom is -0.467 e. The number of methoxy groups -OCH3 is 1. The standard InChI is InChI=1S/C22H35N3O5/c1-14-10-9-11-15(23-14)12-16(19(27)29-8)24-18(26)17(13-21(2,3)4)25-20(28)30-22(5,6)7/h9-11,16-17H,12-13H2,1-8H3,(H,24,26)(H,25,28)/t16-,17-/m0/s1/i2D. The lowest BCUT2D eigenvalue weighted by molar-refractivity contribution is -0.145. The van der Waals surface area contributed by atoms with Gasteiger partial charge in [0.1, 0.15) is 17.7 Å². The van der Waals surface area contributed by atoms with Crippen molar-refractivity contribution >= 4 is 18.0 Å². The number of amides is 2. The highest BCUT2D eigenvalue weighted by molar-refractivity contribution is 5.89. The molecule has 2 N–H and O–H groups in total. The number of aromatic nitrogens is 1. The average Bonchev–Trinajstić information content (AvgIpc) is 2.64. The zero-order valence-corrected chi connectivity index (χ0v) is 19.0. The first-order valence-corrected chi connectivity index (χ1v) is 9.86. The van der Waals surface area contributed by atoms with Gasteiger partial charge in [0.25, 0.3) is 0 Å². The molecular weight excluding hydrogens is 386 g/mol. The van der Waals surface area contributed by atoms with E-state index in [9.17, 15) is 14.4 Å². The summed E-state index contributed by atoms with van der Waals surface area (Å²) in [6, 6.07) is 3.44. The van der Waals surface area contributed by atoms with Crippen LogP contribution < -0.4 is 10.6 Å². The number of hydrogen-bond acceptors (Lipinski definition) is 6. The number of ether oxygens (including phenoxy) is 2. The Kier molecular flexibility index (Phi) is 8.20. The van der Waals surface area contributed by atoms with Crippen LogP contribution in [0.15, 0.2) is 18.2 Å². The Hall–Kier alpha value is -2.64. The molecule has 0 saturated carbocycles. The van der Waals surface area contributed by atoms with Crippen LogP contribution >= 0.6 is 0 Å². The van der Waals surface area contributed by atoms with Crippen molar-refractivity contribution in [2.45, 2.75) is 79.0 Å². The Bertz CT molecular complexity index is 777. The summed E-state index contributed by atoms with van der Waals surface area (Å²) in [6.45, 7) is 10.7. The third-order valence-corrected chi connectivity index (χ3v) is 3.93. The molecule has 8 nitrogen and oxygen atoms in total. The molecule has 30 heavy (non-hydrogen) atoms. The van der Waals surface area contributed by atoms with E-state index in [2.05, 4.69) is 15.6 Å². The van der Waals surface area contributed by atoms with Crippen molar-refractivity contribution in [3.8, 4) is 0 Å². The number of aryl methyl sites for hydroxylation is 1. The normalized spacial score (nSPS) is 14.2. The zero-order valence-electron chi connectivity index (χ0n) is 20.0. The predicted molar refractivity (Wildman–Crippen MR) is 114 cm³/mol. The summed E-state index contributed by atoms with van der Waals surface area (Å²) in [4.78, 5) is 42.0. The number of carbonyl (C=O) groups excluding carboxylic acids is 3. The monoisotopic (exact) mass is 422 g/mol. The molecule has 0 spiro atoms. The first kappa shape index (κ1) is 23.6. The summed E-state index contributed by atoms with van der Waals surface area (Å²) in [5, 5.41) is 5.24. The molecule has 0 aromatic carbocycles. The molecule has 168 valence electrons. The molecule has 0 aliphatic rings. The van der Waals surface area contributed by atoms with Crippen LogP contribution in [0.3, 0.4) is 0 Å². The molecule has 0 aliphatic heterocycles. The predicted octanol–water partition coefficient (Wildman–Crippen LogP) is 2.92. The maximum absolute atomic E-state index is 13.1. The topological polar surface area (TPSA) is 107 Å². The van der Waals surface area contributed by atoms with Gasteiger partial charge in [-0.15, -0.1) is 0 Å². The highest BCUT2D eigenvalue weighted by Crippen LogP contribution is 2.21. The van der Waals surface area contributed by atoms with Gasteiger partial charge in [0.15, 0.2) is 0 Å². The highest BCUT2D eigenvalue weighted by atomic mass is 16.6. The van der Waals surface area contributed by atoms with Crippen LogP contribution in [0.5, 0.6) is 0 Å². The first-order chi connectivity index (χ1) is 14.3. The van der Waals surface area contributed by atoms with E-state index in [1.54, 1.807) is 26.8 Å². The lowest BCUT2D eigenvalue weighted by Crippen LogP contribution is -2.54. The van der Waals surface area contributed by atoms with Crippen LogP contribution in [0.2, 0.25) is 0 Å². The Balaban J connectivity index is 3.04. The Morgan fingerprint density at radius 2 is 1.80 bits per heavy atom. The molecule has 0 saturated heterocycles. The second kappa shape index (κ2) is 10.4. The minimum atomic E-state index is -0.993. The number of esters is 1. The number of nitrogens with one attached hydrogen (secondary N) is 2. The molecule has 0 aliphatic carbocycles. The molecule has 0 radical (unpaired) electrons. The Labute approximate surface area is 180 Å². The van der Waals surface area contributed by atoms with E-state index in [0.29, 0.717) is 5.69 Å². The van der Waals surface area contributed by atoms with E-state index in [4.69, 9.17) is 10.8 Å². The third-order valence-electron chi connectivity index (χ3n) is 3.93. The Morgan fingerprint density at radius 3 is 2.33 bits per heavy atom. The van der Waals surface area contributed by atoms with Crippen molar-refractivity contribution in [2.24, 2.45) is 5.41 Å². The molecule has 0 bridgehead atoms. The minimum absolute atomic E-state index is 0.0560. The SMILES string of the molecule is [2H]CC(C)(C)C[C@H](NC(=O)OC(C)(C)C)C(=O)N[C@@H](Cc1cccc(C)n1)C(=O)OC. The maximum Gasteiger partial charge on any atom is 0.408 e. The molecular formula is C22H35N3O5. The van der Waals surface area contributed by atoms with Crippen LogP contribution in [0, 0.1) is 12.3 Å². The van der Waals surface area contributed by atoms with E-state index < -0.39 is 41.1 Å². The summed E-state index contributed by atoms with van der Waals surface area (Å²) >= 11 is 0. The first-order valence-electron chi connectivity index (χ1n) is 10.6. The molecule has 1 aromatic heterocycles. The van der Waals surface area contributed by atoms with Crippen LogP contribution in [-0.4, -0.2) is 47.7 Å². The van der Waals surface area contributed by atoms with Crippen LogP contribution in [0.1, 0.15) is 60.7 Å². The van der Waals surface area contributed by atoms with Crippen molar-refractivity contribution < 1.29 is 25.2 Å². The van der Waals surface area contributed by atoms with E-state index in [1.807, 2.05) is 32.9 Å². The Morgan fingerprint density at radius 1 is 1.13 bits per heavy atom. The number of carbonyl (C=O) groups is 3. The van der Waals surface area contributed by atoms with Crippen molar-refractivity contribution in [3.05, 3.63) is 29.6 Å². The van der Waals surface area contributed by atoms with Gasteiger partial charge < -0.3 is 20.1 Å². The van der Waals surface area contributed by atoms with Gasteiger partial charge in [0.05, 0.1) is 7.11 Å². The number of pyridine rings is 1. The highest BCUT2D eigenvalue weighted by Gasteiger charge is 2.32. The van der Waals surface area contributed by atoms with Gasteiger partial charge in [-0.2, -0.15) is 0 Å². The fraction of sp³-hybridized carbons (Fsp3) is 0.636. The number of hydrogen-bond donors (Lipinski definition) is 2. The second-order valence-corrected chi connectivity index (χ2v) is 9.13. The number of nitrogens with zero attached hydrogens (tertiary/aromatic N) is 1. The van der Waals surface area contributed by atoms with E-state index in [0.717, 1.165) is 5.69 Å². The lowest BCUT2D eigenvalue weighted by Gasteiger charge is -2.28. The molecule has 1 heterocycles. The molecule has 0 unspecified atom stereocenters. The summed E-state index contributed by atoms with van der Waals surface area (Å²) in [5.74, 6) is -1.18. The second-order valence-electron chi connectivity index (χ2n) is 9.13. The van der Waals surface area contributed by atoms with Gasteiger partial charge in [-0.05, 0) is 51.7 Å². The van der Waals surface area contributed by atoms with E-state index >= 15 is 0 Å². The zero-order chi connectivity index (χ0) is 23.8. The van der Waals surface area contributed by atoms with Crippen molar-refractivity contribution in [1.29, 1.82) is 0 Å². The van der Waals surface area contributed by atoms with E-state index in [1.165, 1.54) is 7.11 Å². The van der Waals surface area contributed by atoms with Gasteiger partial charge >= 0.3 is 12.1 Å². The van der Waals surface area contributed by atoms with Crippen LogP contribution in [0.4, 0.5) is 4.79 Å². The largest absolute Gasteiger partial charge is 0.467 e. The van der Waals surface area contributed by atoms with Gasteiger partial charge in [0, 0.05) is 19.2 Å². The summed E-state index contributed by atoms with van der Waals surface area (Å²) in [6.07, 6.45) is -0.414. The van der Waals surface area contributed by atoms with Crippen LogP contribution in [-0.2, 0) is 25.5 Å². The fourth-order valence-corrected chi connectivity index (χ4v) is 2.74. The molecule has 1 rings (SSSR count). The summed E-state index contributed by atoms with van der Waals surface area (Å²) in [7, 11) is 1.24. The quantitative estimate of drug-likeness (QED) is 0.655. The van der Waals surface area contributed by atoms with Crippen LogP contribution in [0.25, 0.3) is 0 Å². The van der Waals surface area contributed by atoms with Gasteiger partial charge in [0.2, 0.25) is 5.91 Å². The molecule has 2 amide bonds. The fourth-order valence-electron chi connectivity index (χ4n) is 2.74. The number of rotatable bonds is 7. The molecule has 1 aromatic rings. The maximum atomic E-state index is 13.1. The summed E-state index contributed by atoms with van der Waals surface area (Å²) in [5.41, 5.74) is 0.130. The molecule has 8 heteroatoms. The van der Waals surface area contributed by atoms with Crippen molar-refractivity contribution in [3.63, 3.8) is 0 Å². The van der Waals surface area contributed by atoms with Gasteiger partial charge in [-0.1, -0.05) is 26.8 Å². The van der Waals surface area contributed by atoms with Gasteiger partial charge in [-0.25, -0.2) is 9.59 Å². The molecule has 0 fully saturated rings. The van der Waals surface area contributed by atoms with Gasteiger partial charge in [-0.3, -0.25) is 9.78 Å². The van der Waals surface area contributed by atoms with Crippen molar-refractivity contribution in [2.75, 3.05) is 7.11 Å². The summed E-state index contributed by atoms with van der Waals surface area (Å²) < 4.78 is 17.8. The van der Waals surface area contributed by atoms with E-state index in [-0.39, 0.29) is 19.7 Å².